The van der Waals surface area contributed by atoms with Crippen LogP contribution in [0.2, 0.25) is 0 Å². The maximum atomic E-state index is 11.7. The van der Waals surface area contributed by atoms with Gasteiger partial charge < -0.3 is 0 Å². The fourth-order valence-corrected chi connectivity index (χ4v) is 2.31. The van der Waals surface area contributed by atoms with E-state index in [4.69, 9.17) is 11.6 Å². The molecule has 0 bridgehead atoms. The summed E-state index contributed by atoms with van der Waals surface area (Å²) >= 11 is 5.42. The molecule has 0 aliphatic heterocycles. The van der Waals surface area contributed by atoms with Crippen LogP contribution in [0.4, 0.5) is 5.69 Å². The molecule has 0 aromatic heterocycles. The summed E-state index contributed by atoms with van der Waals surface area (Å²) in [5, 5.41) is 10.4. The quantitative estimate of drug-likeness (QED) is 0.370. The molecule has 0 saturated heterocycles. The van der Waals surface area contributed by atoms with Gasteiger partial charge in [0.1, 0.15) is 0 Å². The molecule has 0 heterocycles. The number of hydrogen-bond donors (Lipinski definition) is 1. The molecule has 0 radical (unpaired) electrons. The molecule has 17 heavy (non-hydrogen) atoms. The molecule has 6 nitrogen and oxygen atoms in total. The average Bonchev–Trinajstić information content (AvgIpc) is 2.29. The van der Waals surface area contributed by atoms with E-state index < -0.39 is 14.9 Å². The molecule has 0 spiro atoms. The highest BCUT2D eigenvalue weighted by molar-refractivity contribution is 7.89. The standard InChI is InChI=1S/C9H11ClN2O4S/c10-6-1-7-11-17(15,16)9-4-2-8(3-5-9)12(13)14/h2-5,11H,1,6-7H2. The lowest BCUT2D eigenvalue weighted by Crippen LogP contribution is -2.24. The van der Waals surface area contributed by atoms with Crippen LogP contribution in [0, 0.1) is 10.1 Å². The Morgan fingerprint density at radius 3 is 2.35 bits per heavy atom. The Morgan fingerprint density at radius 1 is 1.29 bits per heavy atom. The Hall–Kier alpha value is -1.18. The number of benzene rings is 1. The summed E-state index contributed by atoms with van der Waals surface area (Å²) in [5.41, 5.74) is -0.148. The lowest BCUT2D eigenvalue weighted by molar-refractivity contribution is -0.384. The van der Waals surface area contributed by atoms with Crippen molar-refractivity contribution in [3.05, 3.63) is 34.4 Å². The van der Waals surface area contributed by atoms with Gasteiger partial charge in [0, 0.05) is 24.6 Å². The molecule has 1 rings (SSSR count). The molecule has 8 heteroatoms. The minimum Gasteiger partial charge on any atom is -0.258 e. The normalized spacial score (nSPS) is 11.4. The molecule has 0 unspecified atom stereocenters. The van der Waals surface area contributed by atoms with Crippen molar-refractivity contribution in [2.24, 2.45) is 0 Å². The van der Waals surface area contributed by atoms with Gasteiger partial charge >= 0.3 is 0 Å². The summed E-state index contributed by atoms with van der Waals surface area (Å²) in [6, 6.07) is 4.69. The molecule has 0 amide bonds. The number of nitro benzene ring substituents is 1. The van der Waals surface area contributed by atoms with Gasteiger partial charge in [0.15, 0.2) is 0 Å². The predicted octanol–water partition coefficient (Wildman–Crippen LogP) is 1.50. The lowest BCUT2D eigenvalue weighted by Gasteiger charge is -2.05. The summed E-state index contributed by atoms with van der Waals surface area (Å²) in [5.74, 6) is 0.364. The fourth-order valence-electron chi connectivity index (χ4n) is 1.10. The van der Waals surface area contributed by atoms with E-state index in [1.807, 2.05) is 0 Å². The zero-order valence-corrected chi connectivity index (χ0v) is 10.4. The lowest BCUT2D eigenvalue weighted by atomic mass is 10.3. The number of nitrogens with zero attached hydrogens (tertiary/aromatic N) is 1. The molecular weight excluding hydrogens is 268 g/mol. The van der Waals surface area contributed by atoms with Crippen LogP contribution in [0.25, 0.3) is 0 Å². The molecule has 94 valence electrons. The van der Waals surface area contributed by atoms with E-state index in [2.05, 4.69) is 4.72 Å². The summed E-state index contributed by atoms with van der Waals surface area (Å²) in [4.78, 5) is 9.81. The summed E-state index contributed by atoms with van der Waals surface area (Å²) in [7, 11) is -3.61. The van der Waals surface area contributed by atoms with Crippen molar-refractivity contribution >= 4 is 27.3 Å². The number of sulfonamides is 1. The van der Waals surface area contributed by atoms with Gasteiger partial charge in [-0.05, 0) is 18.6 Å². The van der Waals surface area contributed by atoms with Gasteiger partial charge in [0.05, 0.1) is 9.82 Å². The van der Waals surface area contributed by atoms with E-state index in [1.165, 1.54) is 12.1 Å². The molecular formula is C9H11ClN2O4S. The van der Waals surface area contributed by atoms with Crippen molar-refractivity contribution in [1.82, 2.24) is 4.72 Å². The van der Waals surface area contributed by atoms with Gasteiger partial charge in [-0.2, -0.15) is 0 Å². The average molecular weight is 279 g/mol. The van der Waals surface area contributed by atoms with Gasteiger partial charge in [-0.25, -0.2) is 13.1 Å². The summed E-state index contributed by atoms with van der Waals surface area (Å²) in [6.07, 6.45) is 0.522. The first-order valence-electron chi connectivity index (χ1n) is 4.77. The second-order valence-corrected chi connectivity index (χ2v) is 5.34. The topological polar surface area (TPSA) is 89.3 Å². The molecule has 1 aromatic rings. The SMILES string of the molecule is O=[N+]([O-])c1ccc(S(=O)(=O)NCCCCl)cc1. The third kappa shape index (κ3) is 3.95. The summed E-state index contributed by atoms with van der Waals surface area (Å²) in [6.45, 7) is 0.239. The van der Waals surface area contributed by atoms with Crippen LogP contribution in [0.1, 0.15) is 6.42 Å². The van der Waals surface area contributed by atoms with E-state index in [0.29, 0.717) is 12.3 Å². The smallest absolute Gasteiger partial charge is 0.258 e. The highest BCUT2D eigenvalue weighted by Crippen LogP contribution is 2.15. The van der Waals surface area contributed by atoms with Gasteiger partial charge in [-0.3, -0.25) is 10.1 Å². The van der Waals surface area contributed by atoms with Gasteiger partial charge in [-0.1, -0.05) is 0 Å². The summed E-state index contributed by atoms with van der Waals surface area (Å²) < 4.78 is 25.7. The van der Waals surface area contributed by atoms with Crippen molar-refractivity contribution in [2.45, 2.75) is 11.3 Å². The Kier molecular flexibility index (Phi) is 4.86. The Morgan fingerprint density at radius 2 is 1.88 bits per heavy atom. The first-order valence-corrected chi connectivity index (χ1v) is 6.79. The van der Waals surface area contributed by atoms with E-state index in [9.17, 15) is 18.5 Å². The van der Waals surface area contributed by atoms with E-state index in [-0.39, 0.29) is 17.1 Å². The monoisotopic (exact) mass is 278 g/mol. The zero-order chi connectivity index (χ0) is 12.9. The van der Waals surface area contributed by atoms with Crippen LogP contribution in [0.3, 0.4) is 0 Å². The van der Waals surface area contributed by atoms with Crippen LogP contribution in [-0.2, 0) is 10.0 Å². The first-order chi connectivity index (χ1) is 7.97. The molecule has 0 aliphatic carbocycles. The highest BCUT2D eigenvalue weighted by Gasteiger charge is 2.14. The van der Waals surface area contributed by atoms with E-state index >= 15 is 0 Å². The number of nitrogens with one attached hydrogen (secondary N) is 1. The number of halogens is 1. The van der Waals surface area contributed by atoms with Crippen LogP contribution < -0.4 is 4.72 Å². The van der Waals surface area contributed by atoms with Crippen molar-refractivity contribution in [3.8, 4) is 0 Å². The molecule has 0 atom stereocenters. The third-order valence-electron chi connectivity index (χ3n) is 1.96. The van der Waals surface area contributed by atoms with Crippen molar-refractivity contribution < 1.29 is 13.3 Å². The second-order valence-electron chi connectivity index (χ2n) is 3.19. The van der Waals surface area contributed by atoms with Crippen LogP contribution in [-0.4, -0.2) is 25.8 Å². The van der Waals surface area contributed by atoms with Gasteiger partial charge in [0.25, 0.3) is 5.69 Å². The van der Waals surface area contributed by atoms with Gasteiger partial charge in [-0.15, -0.1) is 11.6 Å². The maximum absolute atomic E-state index is 11.7. The molecule has 0 aliphatic rings. The van der Waals surface area contributed by atoms with Crippen molar-refractivity contribution in [3.63, 3.8) is 0 Å². The largest absolute Gasteiger partial charge is 0.269 e. The number of nitro groups is 1. The minimum atomic E-state index is -3.61. The zero-order valence-electron chi connectivity index (χ0n) is 8.80. The Balaban J connectivity index is 2.81. The number of non-ortho nitro benzene ring substituents is 1. The van der Waals surface area contributed by atoms with Crippen molar-refractivity contribution in [2.75, 3.05) is 12.4 Å². The van der Waals surface area contributed by atoms with Crippen LogP contribution in [0.15, 0.2) is 29.2 Å². The van der Waals surface area contributed by atoms with Gasteiger partial charge in [0.2, 0.25) is 10.0 Å². The van der Waals surface area contributed by atoms with E-state index in [0.717, 1.165) is 12.1 Å². The van der Waals surface area contributed by atoms with Crippen LogP contribution >= 0.6 is 11.6 Å². The fraction of sp³-hybridized carbons (Fsp3) is 0.333. The molecule has 0 saturated carbocycles. The molecule has 1 aromatic carbocycles. The molecule has 1 N–H and O–H groups in total. The van der Waals surface area contributed by atoms with E-state index in [1.54, 1.807) is 0 Å². The number of hydrogen-bond acceptors (Lipinski definition) is 4. The Labute approximate surface area is 104 Å². The predicted molar refractivity (Wildman–Crippen MR) is 63.6 cm³/mol. The number of alkyl halides is 1. The third-order valence-corrected chi connectivity index (χ3v) is 3.70. The highest BCUT2D eigenvalue weighted by atomic mass is 35.5. The number of rotatable bonds is 6. The maximum Gasteiger partial charge on any atom is 0.269 e. The minimum absolute atomic E-state index is 0.00216. The first kappa shape index (κ1) is 13.9. The second kappa shape index (κ2) is 5.95. The van der Waals surface area contributed by atoms with Crippen LogP contribution in [0.5, 0.6) is 0 Å². The molecule has 0 fully saturated rings. The Bertz CT molecular complexity index is 486. The van der Waals surface area contributed by atoms with Crippen molar-refractivity contribution in [1.29, 1.82) is 0 Å².